The van der Waals surface area contributed by atoms with Gasteiger partial charge >= 0.3 is 0 Å². The first kappa shape index (κ1) is 7.36. The van der Waals surface area contributed by atoms with Gasteiger partial charge in [-0.3, -0.25) is 0 Å². The molecule has 0 atom stereocenters. The lowest BCUT2D eigenvalue weighted by Crippen LogP contribution is -1.74. The van der Waals surface area contributed by atoms with Crippen molar-refractivity contribution in [3.63, 3.8) is 0 Å². The van der Waals surface area contributed by atoms with Gasteiger partial charge in [-0.25, -0.2) is 4.98 Å². The van der Waals surface area contributed by atoms with E-state index in [1.165, 1.54) is 11.3 Å². The molecule has 0 aliphatic rings. The molecule has 0 saturated carbocycles. The van der Waals surface area contributed by atoms with Crippen LogP contribution in [0.2, 0.25) is 0 Å². The number of rotatable bonds is 1. The molecule has 1 heterocycles. The molecule has 1 aromatic heterocycles. The first-order chi connectivity index (χ1) is 5.83. The van der Waals surface area contributed by atoms with Crippen molar-refractivity contribution in [2.45, 2.75) is 6.92 Å². The van der Waals surface area contributed by atoms with E-state index in [-0.39, 0.29) is 0 Å². The SMILES string of the molecule is Cc1c(N=O)ccc2ncsc12. The Morgan fingerprint density at radius 3 is 3.08 bits per heavy atom. The van der Waals surface area contributed by atoms with Gasteiger partial charge in [0.1, 0.15) is 5.69 Å². The molecule has 0 fully saturated rings. The molecule has 1 aromatic carbocycles. The van der Waals surface area contributed by atoms with Crippen LogP contribution in [-0.4, -0.2) is 4.98 Å². The third-order valence-electron chi connectivity index (χ3n) is 1.82. The number of aromatic nitrogens is 1. The molecule has 0 saturated heterocycles. The summed E-state index contributed by atoms with van der Waals surface area (Å²) in [5, 5.41) is 2.93. The molecule has 0 N–H and O–H groups in total. The molecule has 60 valence electrons. The minimum absolute atomic E-state index is 0.506. The lowest BCUT2D eigenvalue weighted by atomic mass is 10.2. The maximum atomic E-state index is 10.3. The maximum absolute atomic E-state index is 10.3. The van der Waals surface area contributed by atoms with Gasteiger partial charge in [-0.05, 0) is 29.8 Å². The van der Waals surface area contributed by atoms with Crippen LogP contribution in [0.4, 0.5) is 5.69 Å². The fourth-order valence-electron chi connectivity index (χ4n) is 1.15. The monoisotopic (exact) mass is 178 g/mol. The first-order valence-corrected chi connectivity index (χ1v) is 4.37. The molecular weight excluding hydrogens is 172 g/mol. The smallest absolute Gasteiger partial charge is 0.112 e. The first-order valence-electron chi connectivity index (χ1n) is 3.49. The minimum atomic E-state index is 0.506. The third kappa shape index (κ3) is 0.921. The van der Waals surface area contributed by atoms with E-state index in [4.69, 9.17) is 0 Å². The Labute approximate surface area is 73.0 Å². The number of benzene rings is 1. The summed E-state index contributed by atoms with van der Waals surface area (Å²) in [6, 6.07) is 3.51. The number of fused-ring (bicyclic) bond motifs is 1. The molecule has 4 heteroatoms. The number of nitrogens with zero attached hydrogens (tertiary/aromatic N) is 2. The number of nitroso groups, excluding NO2 is 1. The summed E-state index contributed by atoms with van der Waals surface area (Å²) >= 11 is 1.53. The summed E-state index contributed by atoms with van der Waals surface area (Å²) in [6.07, 6.45) is 0. The summed E-state index contributed by atoms with van der Waals surface area (Å²) in [5.41, 5.74) is 4.13. The summed E-state index contributed by atoms with van der Waals surface area (Å²) in [4.78, 5) is 14.5. The van der Waals surface area contributed by atoms with Gasteiger partial charge in [0.2, 0.25) is 0 Å². The molecule has 0 aliphatic heterocycles. The van der Waals surface area contributed by atoms with E-state index in [9.17, 15) is 4.91 Å². The number of hydrogen-bond acceptors (Lipinski definition) is 4. The Morgan fingerprint density at radius 1 is 1.50 bits per heavy atom. The van der Waals surface area contributed by atoms with Crippen LogP contribution in [0.3, 0.4) is 0 Å². The van der Waals surface area contributed by atoms with Crippen LogP contribution in [0.15, 0.2) is 22.8 Å². The van der Waals surface area contributed by atoms with Crippen LogP contribution >= 0.6 is 11.3 Å². The van der Waals surface area contributed by atoms with Crippen molar-refractivity contribution in [3.8, 4) is 0 Å². The molecule has 0 radical (unpaired) electrons. The van der Waals surface area contributed by atoms with Gasteiger partial charge in [0, 0.05) is 0 Å². The fourth-order valence-corrected chi connectivity index (χ4v) is 1.95. The molecule has 0 unspecified atom stereocenters. The van der Waals surface area contributed by atoms with Gasteiger partial charge in [0.15, 0.2) is 0 Å². The second-order valence-electron chi connectivity index (χ2n) is 2.50. The van der Waals surface area contributed by atoms with Crippen LogP contribution in [0.1, 0.15) is 5.56 Å². The molecule has 2 aromatic rings. The van der Waals surface area contributed by atoms with E-state index in [2.05, 4.69) is 10.2 Å². The Balaban J connectivity index is 2.86. The van der Waals surface area contributed by atoms with E-state index in [0.29, 0.717) is 5.69 Å². The van der Waals surface area contributed by atoms with Crippen LogP contribution in [-0.2, 0) is 0 Å². The highest BCUT2D eigenvalue weighted by Crippen LogP contribution is 2.29. The van der Waals surface area contributed by atoms with Gasteiger partial charge in [0.25, 0.3) is 0 Å². The molecule has 3 nitrogen and oxygen atoms in total. The van der Waals surface area contributed by atoms with Crippen LogP contribution in [0.25, 0.3) is 10.2 Å². The lowest BCUT2D eigenvalue weighted by molar-refractivity contribution is 1.41. The van der Waals surface area contributed by atoms with E-state index < -0.39 is 0 Å². The number of hydrogen-bond donors (Lipinski definition) is 0. The zero-order valence-corrected chi connectivity index (χ0v) is 7.26. The number of thiazole rings is 1. The minimum Gasteiger partial charge on any atom is -0.245 e. The van der Waals surface area contributed by atoms with Crippen molar-refractivity contribution in [2.75, 3.05) is 0 Å². The predicted molar refractivity (Wildman–Crippen MR) is 49.8 cm³/mol. The Hall–Kier alpha value is -1.29. The predicted octanol–water partition coefficient (Wildman–Crippen LogP) is 3.00. The topological polar surface area (TPSA) is 42.3 Å². The van der Waals surface area contributed by atoms with Crippen molar-refractivity contribution in [1.82, 2.24) is 4.98 Å². The quantitative estimate of drug-likeness (QED) is 0.630. The standard InChI is InChI=1S/C8H6N2OS/c1-5-6(10-11)2-3-7-8(5)12-4-9-7/h2-4H,1H3. The van der Waals surface area contributed by atoms with E-state index in [1.807, 2.05) is 13.0 Å². The largest absolute Gasteiger partial charge is 0.245 e. The summed E-state index contributed by atoms with van der Waals surface area (Å²) in [7, 11) is 0. The molecule has 0 aliphatic carbocycles. The average molecular weight is 178 g/mol. The second kappa shape index (κ2) is 2.64. The van der Waals surface area contributed by atoms with E-state index in [0.717, 1.165) is 15.8 Å². The van der Waals surface area contributed by atoms with Gasteiger partial charge in [-0.1, -0.05) is 0 Å². The summed E-state index contributed by atoms with van der Waals surface area (Å²) in [6.45, 7) is 1.89. The Morgan fingerprint density at radius 2 is 2.33 bits per heavy atom. The molecule has 0 amide bonds. The normalized spacial score (nSPS) is 10.4. The molecule has 2 rings (SSSR count). The van der Waals surface area contributed by atoms with Crippen molar-refractivity contribution < 1.29 is 0 Å². The molecule has 0 bridgehead atoms. The fraction of sp³-hybridized carbons (Fsp3) is 0.125. The van der Waals surface area contributed by atoms with Gasteiger partial charge in [-0.15, -0.1) is 16.2 Å². The Kier molecular flexibility index (Phi) is 1.62. The molecule has 12 heavy (non-hydrogen) atoms. The highest BCUT2D eigenvalue weighted by molar-refractivity contribution is 7.17. The van der Waals surface area contributed by atoms with Crippen molar-refractivity contribution >= 4 is 27.2 Å². The molecular formula is C8H6N2OS. The van der Waals surface area contributed by atoms with Crippen molar-refractivity contribution in [1.29, 1.82) is 0 Å². The van der Waals surface area contributed by atoms with Crippen molar-refractivity contribution in [2.24, 2.45) is 5.18 Å². The summed E-state index contributed by atoms with van der Waals surface area (Å²) in [5.74, 6) is 0. The highest BCUT2D eigenvalue weighted by atomic mass is 32.1. The van der Waals surface area contributed by atoms with E-state index >= 15 is 0 Å². The summed E-state index contributed by atoms with van der Waals surface area (Å²) < 4.78 is 1.05. The van der Waals surface area contributed by atoms with Gasteiger partial charge < -0.3 is 0 Å². The average Bonchev–Trinajstić information content (AvgIpc) is 2.53. The van der Waals surface area contributed by atoms with Gasteiger partial charge in [-0.2, -0.15) is 0 Å². The lowest BCUT2D eigenvalue weighted by Gasteiger charge is -1.95. The Bertz CT molecular complexity index is 436. The van der Waals surface area contributed by atoms with E-state index in [1.54, 1.807) is 11.6 Å². The van der Waals surface area contributed by atoms with Crippen LogP contribution in [0, 0.1) is 11.8 Å². The van der Waals surface area contributed by atoms with Crippen LogP contribution < -0.4 is 0 Å². The van der Waals surface area contributed by atoms with Gasteiger partial charge in [0.05, 0.1) is 15.7 Å². The van der Waals surface area contributed by atoms with Crippen molar-refractivity contribution in [3.05, 3.63) is 28.1 Å². The number of aryl methyl sites for hydroxylation is 1. The molecule has 0 spiro atoms. The maximum Gasteiger partial charge on any atom is 0.112 e. The highest BCUT2D eigenvalue weighted by Gasteiger charge is 2.04. The van der Waals surface area contributed by atoms with Crippen LogP contribution in [0.5, 0.6) is 0 Å². The zero-order chi connectivity index (χ0) is 8.55. The zero-order valence-electron chi connectivity index (χ0n) is 6.44. The third-order valence-corrected chi connectivity index (χ3v) is 2.78. The second-order valence-corrected chi connectivity index (χ2v) is 3.36.